The summed E-state index contributed by atoms with van der Waals surface area (Å²) in [6.45, 7) is 0. The lowest BCUT2D eigenvalue weighted by molar-refractivity contribution is 0.240. The van der Waals surface area contributed by atoms with Crippen LogP contribution in [0.4, 0.5) is 5.82 Å². The molecular formula is C4H5N3O2. The average Bonchev–Trinajstić information content (AvgIpc) is 2.34. The second kappa shape index (κ2) is 2.83. The Kier molecular flexibility index (Phi) is 1.81. The number of aliphatic imine (C=N–C) groups is 1. The number of rotatable bonds is 2. The van der Waals surface area contributed by atoms with Gasteiger partial charge in [-0.05, 0) is 0 Å². The third-order valence-corrected chi connectivity index (χ3v) is 0.679. The van der Waals surface area contributed by atoms with Gasteiger partial charge in [0.1, 0.15) is 12.6 Å². The number of hydrogen-bond donors (Lipinski definition) is 2. The molecule has 1 aromatic rings. The first kappa shape index (κ1) is 5.77. The standard InChI is InChI=1S/C4H5N3O2/c8-6-3-5-4-1-2-9-7-4/h1-3,8H,(H,5,6,7). The minimum absolute atomic E-state index is 0.413. The van der Waals surface area contributed by atoms with Gasteiger partial charge >= 0.3 is 0 Å². The van der Waals surface area contributed by atoms with Crippen LogP contribution in [-0.4, -0.2) is 16.7 Å². The van der Waals surface area contributed by atoms with Crippen molar-refractivity contribution in [2.24, 2.45) is 4.99 Å². The number of hydroxylamine groups is 1. The lowest BCUT2D eigenvalue weighted by Crippen LogP contribution is -2.00. The summed E-state index contributed by atoms with van der Waals surface area (Å²) in [4.78, 5) is 3.59. The monoisotopic (exact) mass is 127 g/mol. The Bertz CT molecular complexity index is 182. The number of hydrogen-bond acceptors (Lipinski definition) is 4. The molecule has 0 atom stereocenters. The molecule has 0 fully saturated rings. The third kappa shape index (κ3) is 1.54. The van der Waals surface area contributed by atoms with Crippen LogP contribution in [-0.2, 0) is 0 Å². The summed E-state index contributed by atoms with van der Waals surface area (Å²) in [6, 6.07) is 1.56. The fourth-order valence-corrected chi connectivity index (χ4v) is 0.368. The highest BCUT2D eigenvalue weighted by Gasteiger charge is 1.86. The van der Waals surface area contributed by atoms with Crippen molar-refractivity contribution >= 4 is 12.2 Å². The molecule has 9 heavy (non-hydrogen) atoms. The van der Waals surface area contributed by atoms with Gasteiger partial charge in [-0.25, -0.2) is 4.99 Å². The fourth-order valence-electron chi connectivity index (χ4n) is 0.368. The molecule has 0 aliphatic carbocycles. The maximum atomic E-state index is 8.01. The van der Waals surface area contributed by atoms with Crippen molar-refractivity contribution in [2.45, 2.75) is 0 Å². The molecule has 1 heterocycles. The number of aromatic nitrogens is 1. The Hall–Kier alpha value is -1.36. The Morgan fingerprint density at radius 1 is 1.89 bits per heavy atom. The van der Waals surface area contributed by atoms with Crippen LogP contribution < -0.4 is 5.48 Å². The molecule has 48 valence electrons. The Morgan fingerprint density at radius 3 is 3.33 bits per heavy atom. The molecule has 1 aromatic heterocycles. The van der Waals surface area contributed by atoms with Crippen molar-refractivity contribution in [3.8, 4) is 0 Å². The number of nitrogens with one attached hydrogen (secondary N) is 1. The zero-order valence-electron chi connectivity index (χ0n) is 4.48. The van der Waals surface area contributed by atoms with Crippen molar-refractivity contribution in [1.29, 1.82) is 0 Å². The van der Waals surface area contributed by atoms with E-state index >= 15 is 0 Å². The first-order chi connectivity index (χ1) is 4.43. The van der Waals surface area contributed by atoms with Crippen LogP contribution in [0.25, 0.3) is 0 Å². The van der Waals surface area contributed by atoms with Gasteiger partial charge in [0, 0.05) is 6.07 Å². The van der Waals surface area contributed by atoms with E-state index in [-0.39, 0.29) is 0 Å². The molecule has 0 radical (unpaired) electrons. The smallest absolute Gasteiger partial charge is 0.196 e. The van der Waals surface area contributed by atoms with Crippen LogP contribution in [0.3, 0.4) is 0 Å². The minimum Gasteiger partial charge on any atom is -0.363 e. The van der Waals surface area contributed by atoms with Gasteiger partial charge < -0.3 is 4.52 Å². The lowest BCUT2D eigenvalue weighted by atomic mass is 10.7. The summed E-state index contributed by atoms with van der Waals surface area (Å²) in [6.07, 6.45) is 2.49. The molecule has 0 saturated heterocycles. The predicted octanol–water partition coefficient (Wildman–Crippen LogP) is 0.313. The van der Waals surface area contributed by atoms with E-state index in [1.807, 2.05) is 0 Å². The molecule has 0 amide bonds. The van der Waals surface area contributed by atoms with E-state index < -0.39 is 0 Å². The van der Waals surface area contributed by atoms with Gasteiger partial charge in [-0.1, -0.05) is 5.16 Å². The zero-order chi connectivity index (χ0) is 6.53. The van der Waals surface area contributed by atoms with Crippen LogP contribution in [0.1, 0.15) is 0 Å². The van der Waals surface area contributed by atoms with Gasteiger partial charge in [-0.15, -0.1) is 0 Å². The topological polar surface area (TPSA) is 70.7 Å². The minimum atomic E-state index is 0.413. The molecule has 0 aliphatic rings. The maximum Gasteiger partial charge on any atom is 0.196 e. The molecule has 2 N–H and O–H groups in total. The Balaban J connectivity index is 2.57. The van der Waals surface area contributed by atoms with E-state index in [9.17, 15) is 0 Å². The predicted molar refractivity (Wildman–Crippen MR) is 29.6 cm³/mol. The van der Waals surface area contributed by atoms with Gasteiger partial charge in [0.15, 0.2) is 5.82 Å². The lowest BCUT2D eigenvalue weighted by Gasteiger charge is -1.79. The molecule has 5 nitrogen and oxygen atoms in total. The molecule has 0 saturated carbocycles. The van der Waals surface area contributed by atoms with Crippen molar-refractivity contribution in [1.82, 2.24) is 10.6 Å². The van der Waals surface area contributed by atoms with Crippen LogP contribution in [0.2, 0.25) is 0 Å². The molecule has 0 bridgehead atoms. The quantitative estimate of drug-likeness (QED) is 0.341. The Labute approximate surface area is 51.0 Å². The highest BCUT2D eigenvalue weighted by molar-refractivity contribution is 5.57. The van der Waals surface area contributed by atoms with Gasteiger partial charge in [0.2, 0.25) is 0 Å². The molecule has 0 spiro atoms. The van der Waals surface area contributed by atoms with Gasteiger partial charge in [-0.2, -0.15) is 0 Å². The zero-order valence-corrected chi connectivity index (χ0v) is 4.48. The summed E-state index contributed by atoms with van der Waals surface area (Å²) in [5.74, 6) is 0.413. The molecule has 1 rings (SSSR count). The summed E-state index contributed by atoms with van der Waals surface area (Å²) >= 11 is 0. The van der Waals surface area contributed by atoms with E-state index in [1.165, 1.54) is 6.26 Å². The van der Waals surface area contributed by atoms with Crippen molar-refractivity contribution in [3.63, 3.8) is 0 Å². The largest absolute Gasteiger partial charge is 0.363 e. The van der Waals surface area contributed by atoms with Gasteiger partial charge in [0.05, 0.1) is 0 Å². The second-order valence-electron chi connectivity index (χ2n) is 1.24. The van der Waals surface area contributed by atoms with Crippen LogP contribution >= 0.6 is 0 Å². The molecule has 0 aliphatic heterocycles. The van der Waals surface area contributed by atoms with Crippen LogP contribution in [0.15, 0.2) is 21.8 Å². The summed E-state index contributed by atoms with van der Waals surface area (Å²) in [5.41, 5.74) is 1.73. The van der Waals surface area contributed by atoms with E-state index in [4.69, 9.17) is 5.21 Å². The molecule has 0 unspecified atom stereocenters. The third-order valence-electron chi connectivity index (χ3n) is 0.679. The number of nitrogens with zero attached hydrogens (tertiary/aromatic N) is 2. The van der Waals surface area contributed by atoms with Crippen molar-refractivity contribution < 1.29 is 9.73 Å². The Morgan fingerprint density at radius 2 is 2.78 bits per heavy atom. The van der Waals surface area contributed by atoms with E-state index in [1.54, 1.807) is 11.5 Å². The average molecular weight is 127 g/mol. The van der Waals surface area contributed by atoms with Crippen LogP contribution in [0, 0.1) is 0 Å². The molecular weight excluding hydrogens is 122 g/mol. The maximum absolute atomic E-state index is 8.01. The summed E-state index contributed by atoms with van der Waals surface area (Å²) < 4.78 is 4.44. The van der Waals surface area contributed by atoms with Crippen molar-refractivity contribution in [2.75, 3.05) is 0 Å². The first-order valence-electron chi connectivity index (χ1n) is 2.26. The van der Waals surface area contributed by atoms with Crippen LogP contribution in [0.5, 0.6) is 0 Å². The summed E-state index contributed by atoms with van der Waals surface area (Å²) in [5, 5.41) is 11.4. The highest BCUT2D eigenvalue weighted by atomic mass is 16.5. The van der Waals surface area contributed by atoms with E-state index in [0.717, 1.165) is 6.34 Å². The molecule has 0 aromatic carbocycles. The second-order valence-corrected chi connectivity index (χ2v) is 1.24. The normalized spacial score (nSPS) is 10.3. The molecule has 5 heteroatoms. The van der Waals surface area contributed by atoms with Crippen molar-refractivity contribution in [3.05, 3.63) is 12.3 Å². The van der Waals surface area contributed by atoms with E-state index in [0.29, 0.717) is 5.82 Å². The summed E-state index contributed by atoms with van der Waals surface area (Å²) in [7, 11) is 0. The van der Waals surface area contributed by atoms with Gasteiger partial charge in [0.25, 0.3) is 0 Å². The highest BCUT2D eigenvalue weighted by Crippen LogP contribution is 2.03. The fraction of sp³-hybridized carbons (Fsp3) is 0. The van der Waals surface area contributed by atoms with E-state index in [2.05, 4.69) is 14.7 Å². The first-order valence-corrected chi connectivity index (χ1v) is 2.26. The SMILES string of the molecule is ONC=Nc1ccon1. The van der Waals surface area contributed by atoms with Gasteiger partial charge in [-0.3, -0.25) is 10.7 Å².